The molecule has 0 radical (unpaired) electrons. The van der Waals surface area contributed by atoms with Crippen molar-refractivity contribution >= 4 is 42.4 Å². The fourth-order valence-corrected chi connectivity index (χ4v) is 1.79. The minimum atomic E-state index is -4.37. The molecule has 0 spiro atoms. The average Bonchev–Trinajstić information content (AvgIpc) is 2.56. The number of hydrogen-bond acceptors (Lipinski definition) is 3. The molecule has 0 fully saturated rings. The standard InChI is InChI=1S/C16H13ClF3N5.ClH/c17-14-7-3-12(4-8-14)10-23-25-15(21)24-22-9-11-1-5-13(6-2-11)16(18,19)20;/h1-10H,(H3,21,24,25);1H/b22-9+,23-10+;. The summed E-state index contributed by atoms with van der Waals surface area (Å²) in [6.07, 6.45) is -1.58. The Morgan fingerprint density at radius 3 is 2.08 bits per heavy atom. The molecule has 0 bridgehead atoms. The summed E-state index contributed by atoms with van der Waals surface area (Å²) >= 11 is 5.76. The lowest BCUT2D eigenvalue weighted by molar-refractivity contribution is -0.137. The van der Waals surface area contributed by atoms with Crippen molar-refractivity contribution in [2.45, 2.75) is 6.18 Å². The molecule has 138 valence electrons. The Labute approximate surface area is 158 Å². The van der Waals surface area contributed by atoms with E-state index in [-0.39, 0.29) is 18.4 Å². The van der Waals surface area contributed by atoms with E-state index in [1.54, 1.807) is 24.3 Å². The molecule has 2 aromatic carbocycles. The monoisotopic (exact) mass is 403 g/mol. The van der Waals surface area contributed by atoms with Gasteiger partial charge in [0.2, 0.25) is 5.96 Å². The van der Waals surface area contributed by atoms with Crippen LogP contribution in [0.5, 0.6) is 0 Å². The fraction of sp³-hybridized carbons (Fsp3) is 0.0625. The van der Waals surface area contributed by atoms with Crippen molar-refractivity contribution in [3.63, 3.8) is 0 Å². The van der Waals surface area contributed by atoms with Crippen LogP contribution in [0.15, 0.2) is 63.8 Å². The molecule has 0 saturated heterocycles. The van der Waals surface area contributed by atoms with Crippen LogP contribution in [0.3, 0.4) is 0 Å². The van der Waals surface area contributed by atoms with Gasteiger partial charge in [-0.3, -0.25) is 0 Å². The van der Waals surface area contributed by atoms with Gasteiger partial charge in [0, 0.05) is 5.02 Å². The Balaban J connectivity index is 0.00000338. The highest BCUT2D eigenvalue weighted by Crippen LogP contribution is 2.28. The summed E-state index contributed by atoms with van der Waals surface area (Å²) in [4.78, 5) is 0. The van der Waals surface area contributed by atoms with Crippen LogP contribution in [0.2, 0.25) is 5.02 Å². The minimum absolute atomic E-state index is 0. The molecule has 0 heterocycles. The highest BCUT2D eigenvalue weighted by Gasteiger charge is 2.29. The maximum absolute atomic E-state index is 12.4. The molecule has 0 aromatic heterocycles. The van der Waals surface area contributed by atoms with Gasteiger partial charge in [-0.25, -0.2) is 5.43 Å². The molecule has 26 heavy (non-hydrogen) atoms. The average molecular weight is 404 g/mol. The third-order valence-electron chi connectivity index (χ3n) is 2.87. The first kappa shape index (κ1) is 21.5. The molecular formula is C16H14Cl2F3N5. The maximum atomic E-state index is 12.4. The Hall–Kier alpha value is -2.58. The molecule has 0 saturated carbocycles. The number of nitrogens with one attached hydrogen (secondary N) is 1. The lowest BCUT2D eigenvalue weighted by atomic mass is 10.1. The quantitative estimate of drug-likeness (QED) is 0.458. The van der Waals surface area contributed by atoms with Gasteiger partial charge in [0.1, 0.15) is 0 Å². The molecule has 5 nitrogen and oxygen atoms in total. The van der Waals surface area contributed by atoms with E-state index in [0.717, 1.165) is 17.7 Å². The summed E-state index contributed by atoms with van der Waals surface area (Å²) < 4.78 is 37.3. The van der Waals surface area contributed by atoms with Crippen molar-refractivity contribution in [3.8, 4) is 0 Å². The van der Waals surface area contributed by atoms with E-state index in [2.05, 4.69) is 20.7 Å². The van der Waals surface area contributed by atoms with E-state index < -0.39 is 11.7 Å². The van der Waals surface area contributed by atoms with E-state index in [4.69, 9.17) is 17.3 Å². The van der Waals surface area contributed by atoms with Crippen molar-refractivity contribution in [2.75, 3.05) is 0 Å². The highest BCUT2D eigenvalue weighted by molar-refractivity contribution is 6.30. The summed E-state index contributed by atoms with van der Waals surface area (Å²) in [5.74, 6) is -0.0756. The van der Waals surface area contributed by atoms with Gasteiger partial charge in [0.05, 0.1) is 18.0 Å². The Bertz CT molecular complexity index is 785. The van der Waals surface area contributed by atoms with Gasteiger partial charge in [-0.05, 0) is 35.4 Å². The maximum Gasteiger partial charge on any atom is 0.416 e. The second kappa shape index (κ2) is 9.79. The SMILES string of the molecule is Cl.NC(=N/N=C/c1ccc(C(F)(F)F)cc1)N/N=C/c1ccc(Cl)cc1. The predicted octanol–water partition coefficient (Wildman–Crippen LogP) is 4.05. The molecule has 0 amide bonds. The second-order valence-corrected chi connectivity index (χ2v) is 5.21. The predicted molar refractivity (Wildman–Crippen MR) is 100 cm³/mol. The molecular weight excluding hydrogens is 390 g/mol. The van der Waals surface area contributed by atoms with E-state index in [9.17, 15) is 13.2 Å². The molecule has 3 N–H and O–H groups in total. The van der Waals surface area contributed by atoms with Crippen molar-refractivity contribution in [1.29, 1.82) is 0 Å². The van der Waals surface area contributed by atoms with Crippen LogP contribution in [0, 0.1) is 0 Å². The molecule has 0 aliphatic rings. The number of hydrazone groups is 1. The first-order valence-corrected chi connectivity index (χ1v) is 7.31. The summed E-state index contributed by atoms with van der Waals surface area (Å²) in [5.41, 5.74) is 8.54. The van der Waals surface area contributed by atoms with Gasteiger partial charge < -0.3 is 5.73 Å². The molecule has 2 rings (SSSR count). The first-order valence-electron chi connectivity index (χ1n) is 6.93. The zero-order chi connectivity index (χ0) is 18.3. The number of alkyl halides is 3. The largest absolute Gasteiger partial charge is 0.416 e. The van der Waals surface area contributed by atoms with Crippen molar-refractivity contribution in [2.24, 2.45) is 21.0 Å². The number of nitrogens with two attached hydrogens (primary N) is 1. The van der Waals surface area contributed by atoms with Crippen LogP contribution >= 0.6 is 24.0 Å². The van der Waals surface area contributed by atoms with E-state index in [1.807, 2.05) is 0 Å². The summed E-state index contributed by atoms with van der Waals surface area (Å²) in [6.45, 7) is 0. The Kier molecular flexibility index (Phi) is 8.08. The van der Waals surface area contributed by atoms with Crippen molar-refractivity contribution in [3.05, 3.63) is 70.2 Å². The Morgan fingerprint density at radius 1 is 0.962 bits per heavy atom. The number of nitrogens with zero attached hydrogens (tertiary/aromatic N) is 3. The first-order chi connectivity index (χ1) is 11.8. The van der Waals surface area contributed by atoms with Gasteiger partial charge in [-0.15, -0.1) is 17.5 Å². The lowest BCUT2D eigenvalue weighted by Crippen LogP contribution is -2.26. The van der Waals surface area contributed by atoms with Crippen molar-refractivity contribution in [1.82, 2.24) is 5.43 Å². The lowest BCUT2D eigenvalue weighted by Gasteiger charge is -2.05. The van der Waals surface area contributed by atoms with Crippen LogP contribution < -0.4 is 11.2 Å². The van der Waals surface area contributed by atoms with Crippen molar-refractivity contribution < 1.29 is 13.2 Å². The van der Waals surface area contributed by atoms with E-state index >= 15 is 0 Å². The van der Waals surface area contributed by atoms with E-state index in [0.29, 0.717) is 10.6 Å². The summed E-state index contributed by atoms with van der Waals surface area (Å²) in [7, 11) is 0. The van der Waals surface area contributed by atoms with Gasteiger partial charge in [0.15, 0.2) is 0 Å². The number of guanidine groups is 1. The normalized spacial score (nSPS) is 12.4. The van der Waals surface area contributed by atoms with E-state index in [1.165, 1.54) is 24.6 Å². The molecule has 0 atom stereocenters. The molecule has 0 aliphatic carbocycles. The third kappa shape index (κ3) is 7.12. The van der Waals surface area contributed by atoms with Crippen LogP contribution in [0.4, 0.5) is 13.2 Å². The molecule has 2 aromatic rings. The summed E-state index contributed by atoms with van der Waals surface area (Å²) in [6, 6.07) is 11.5. The third-order valence-corrected chi connectivity index (χ3v) is 3.12. The molecule has 0 unspecified atom stereocenters. The Morgan fingerprint density at radius 2 is 1.50 bits per heavy atom. The zero-order valence-corrected chi connectivity index (χ0v) is 14.7. The minimum Gasteiger partial charge on any atom is -0.367 e. The molecule has 0 aliphatic heterocycles. The zero-order valence-electron chi connectivity index (χ0n) is 13.1. The number of rotatable bonds is 4. The topological polar surface area (TPSA) is 75.1 Å². The number of halogens is 5. The van der Waals surface area contributed by atoms with Gasteiger partial charge in [0.25, 0.3) is 0 Å². The van der Waals surface area contributed by atoms with Crippen LogP contribution in [-0.2, 0) is 6.18 Å². The van der Waals surface area contributed by atoms with Crippen LogP contribution in [0.25, 0.3) is 0 Å². The second-order valence-electron chi connectivity index (χ2n) is 4.77. The number of benzene rings is 2. The van der Waals surface area contributed by atoms with Gasteiger partial charge in [-0.2, -0.15) is 23.4 Å². The smallest absolute Gasteiger partial charge is 0.367 e. The van der Waals surface area contributed by atoms with Gasteiger partial charge >= 0.3 is 6.18 Å². The van der Waals surface area contributed by atoms with Gasteiger partial charge in [-0.1, -0.05) is 35.9 Å². The fourth-order valence-electron chi connectivity index (χ4n) is 1.66. The van der Waals surface area contributed by atoms with Crippen LogP contribution in [0.1, 0.15) is 16.7 Å². The number of hydrogen-bond donors (Lipinski definition) is 2. The van der Waals surface area contributed by atoms with Crippen LogP contribution in [-0.4, -0.2) is 18.4 Å². The summed E-state index contributed by atoms with van der Waals surface area (Å²) in [5, 5.41) is 11.8. The highest BCUT2D eigenvalue weighted by atomic mass is 35.5. The molecule has 10 heteroatoms.